The molecular weight excluding hydrogens is 384 g/mol. The van der Waals surface area contributed by atoms with Crippen molar-refractivity contribution in [2.45, 2.75) is 6.42 Å². The van der Waals surface area contributed by atoms with Gasteiger partial charge in [0.15, 0.2) is 5.65 Å². The summed E-state index contributed by atoms with van der Waals surface area (Å²) in [6, 6.07) is 3.58. The Labute approximate surface area is 133 Å². The SMILES string of the molecule is O=C1CC(CS(=O)(=O)Cl)CN1c1nc2cc(Br)ccn2n1. The lowest BCUT2D eigenvalue weighted by atomic mass is 10.1. The van der Waals surface area contributed by atoms with Crippen LogP contribution in [-0.4, -0.2) is 41.2 Å². The zero-order valence-electron chi connectivity index (χ0n) is 10.6. The van der Waals surface area contributed by atoms with Gasteiger partial charge < -0.3 is 0 Å². The lowest BCUT2D eigenvalue weighted by Gasteiger charge is -2.10. The lowest BCUT2D eigenvalue weighted by Crippen LogP contribution is -2.26. The average Bonchev–Trinajstić information content (AvgIpc) is 2.89. The smallest absolute Gasteiger partial charge is 0.252 e. The quantitative estimate of drug-likeness (QED) is 0.736. The monoisotopic (exact) mass is 392 g/mol. The first-order valence-electron chi connectivity index (χ1n) is 6.06. The summed E-state index contributed by atoms with van der Waals surface area (Å²) < 4.78 is 24.6. The summed E-state index contributed by atoms with van der Waals surface area (Å²) in [5.74, 6) is -0.489. The molecule has 1 amide bonds. The molecule has 1 fully saturated rings. The van der Waals surface area contributed by atoms with Gasteiger partial charge in [0.05, 0.1) is 5.75 Å². The van der Waals surface area contributed by atoms with Gasteiger partial charge in [-0.05, 0) is 12.1 Å². The summed E-state index contributed by atoms with van der Waals surface area (Å²) >= 11 is 3.34. The molecule has 10 heteroatoms. The highest BCUT2D eigenvalue weighted by atomic mass is 79.9. The molecule has 3 heterocycles. The first kappa shape index (κ1) is 14.7. The van der Waals surface area contributed by atoms with Crippen molar-refractivity contribution in [1.82, 2.24) is 14.6 Å². The Hall–Kier alpha value is -1.19. The van der Waals surface area contributed by atoms with Gasteiger partial charge in [-0.1, -0.05) is 15.9 Å². The summed E-state index contributed by atoms with van der Waals surface area (Å²) in [6.07, 6.45) is 1.85. The van der Waals surface area contributed by atoms with E-state index in [0.717, 1.165) is 4.47 Å². The molecular formula is C11H10BrClN4O3S. The number of halogens is 2. The number of carbonyl (C=O) groups is 1. The Morgan fingerprint density at radius 2 is 2.24 bits per heavy atom. The predicted molar refractivity (Wildman–Crippen MR) is 80.8 cm³/mol. The molecule has 0 radical (unpaired) electrons. The first-order chi connectivity index (χ1) is 9.82. The fraction of sp³-hybridized carbons (Fsp3) is 0.364. The summed E-state index contributed by atoms with van der Waals surface area (Å²) in [4.78, 5) is 17.7. The molecule has 0 N–H and O–H groups in total. The van der Waals surface area contributed by atoms with E-state index in [-0.39, 0.29) is 36.5 Å². The third kappa shape index (κ3) is 3.19. The van der Waals surface area contributed by atoms with E-state index in [4.69, 9.17) is 10.7 Å². The van der Waals surface area contributed by atoms with Gasteiger partial charge in [-0.2, -0.15) is 4.98 Å². The van der Waals surface area contributed by atoms with E-state index in [1.54, 1.807) is 22.8 Å². The Balaban J connectivity index is 1.87. The zero-order chi connectivity index (χ0) is 15.2. The van der Waals surface area contributed by atoms with Gasteiger partial charge in [0.25, 0.3) is 5.95 Å². The Morgan fingerprint density at radius 1 is 1.48 bits per heavy atom. The summed E-state index contributed by atoms with van der Waals surface area (Å²) in [5, 5.41) is 4.22. The molecule has 0 aromatic carbocycles. The van der Waals surface area contributed by atoms with Crippen molar-refractivity contribution in [2.75, 3.05) is 17.2 Å². The predicted octanol–water partition coefficient (Wildman–Crippen LogP) is 1.41. The fourth-order valence-corrected chi connectivity index (χ4v) is 3.97. The van der Waals surface area contributed by atoms with E-state index < -0.39 is 9.05 Å². The number of hydrogen-bond acceptors (Lipinski definition) is 5. The van der Waals surface area contributed by atoms with Crippen LogP contribution in [0.15, 0.2) is 22.8 Å². The van der Waals surface area contributed by atoms with Crippen molar-refractivity contribution in [3.63, 3.8) is 0 Å². The molecule has 0 spiro atoms. The van der Waals surface area contributed by atoms with Crippen molar-refractivity contribution in [1.29, 1.82) is 0 Å². The minimum atomic E-state index is -3.63. The molecule has 0 bridgehead atoms. The van der Waals surface area contributed by atoms with Crippen molar-refractivity contribution in [3.8, 4) is 0 Å². The van der Waals surface area contributed by atoms with Crippen LogP contribution in [0.1, 0.15) is 6.42 Å². The standard InChI is InChI=1S/C11H10BrClN4O3S/c12-8-1-2-17-9(4-8)14-11(15-17)16-5-7(3-10(16)18)6-21(13,19)20/h1-2,4,7H,3,5-6H2. The molecule has 21 heavy (non-hydrogen) atoms. The molecule has 2 aromatic heterocycles. The molecule has 7 nitrogen and oxygen atoms in total. The first-order valence-corrected chi connectivity index (χ1v) is 9.33. The van der Waals surface area contributed by atoms with Crippen LogP contribution in [0, 0.1) is 5.92 Å². The van der Waals surface area contributed by atoms with Gasteiger partial charge in [0.2, 0.25) is 15.0 Å². The molecule has 1 atom stereocenters. The van der Waals surface area contributed by atoms with E-state index >= 15 is 0 Å². The number of carbonyl (C=O) groups excluding carboxylic acids is 1. The maximum Gasteiger partial charge on any atom is 0.252 e. The van der Waals surface area contributed by atoms with E-state index in [1.807, 2.05) is 0 Å². The number of hydrogen-bond donors (Lipinski definition) is 0. The maximum absolute atomic E-state index is 12.0. The van der Waals surface area contributed by atoms with Crippen LogP contribution in [-0.2, 0) is 13.8 Å². The third-order valence-corrected chi connectivity index (χ3v) is 4.91. The Kier molecular flexibility index (Phi) is 3.66. The van der Waals surface area contributed by atoms with E-state index in [2.05, 4.69) is 26.0 Å². The number of nitrogens with zero attached hydrogens (tertiary/aromatic N) is 4. The van der Waals surface area contributed by atoms with Crippen LogP contribution in [0.25, 0.3) is 5.65 Å². The highest BCUT2D eigenvalue weighted by Crippen LogP contribution is 2.25. The Morgan fingerprint density at radius 3 is 2.95 bits per heavy atom. The maximum atomic E-state index is 12.0. The van der Waals surface area contributed by atoms with Crippen molar-refractivity contribution in [2.24, 2.45) is 5.92 Å². The number of amides is 1. The molecule has 3 rings (SSSR count). The molecule has 1 saturated heterocycles. The molecule has 0 saturated carbocycles. The molecule has 2 aromatic rings. The van der Waals surface area contributed by atoms with E-state index in [0.29, 0.717) is 5.65 Å². The number of fused-ring (bicyclic) bond motifs is 1. The minimum absolute atomic E-state index is 0.130. The average molecular weight is 394 g/mol. The molecule has 1 aliphatic heterocycles. The highest BCUT2D eigenvalue weighted by molar-refractivity contribution is 9.10. The van der Waals surface area contributed by atoms with Crippen LogP contribution in [0.5, 0.6) is 0 Å². The molecule has 112 valence electrons. The fourth-order valence-electron chi connectivity index (χ4n) is 2.33. The van der Waals surface area contributed by atoms with Crippen molar-refractivity contribution < 1.29 is 13.2 Å². The summed E-state index contributed by atoms with van der Waals surface area (Å²) in [7, 11) is 1.61. The van der Waals surface area contributed by atoms with Crippen molar-refractivity contribution in [3.05, 3.63) is 22.8 Å². The van der Waals surface area contributed by atoms with Crippen LogP contribution >= 0.6 is 26.6 Å². The summed E-state index contributed by atoms with van der Waals surface area (Å²) in [5.41, 5.74) is 0.598. The number of rotatable bonds is 3. The topological polar surface area (TPSA) is 84.6 Å². The summed E-state index contributed by atoms with van der Waals surface area (Å²) in [6.45, 7) is 0.253. The molecule has 1 aliphatic rings. The highest BCUT2D eigenvalue weighted by Gasteiger charge is 2.35. The largest absolute Gasteiger partial charge is 0.279 e. The van der Waals surface area contributed by atoms with Crippen LogP contribution in [0.4, 0.5) is 5.95 Å². The van der Waals surface area contributed by atoms with Gasteiger partial charge >= 0.3 is 0 Å². The van der Waals surface area contributed by atoms with Gasteiger partial charge in [0, 0.05) is 40.2 Å². The van der Waals surface area contributed by atoms with Gasteiger partial charge in [-0.25, -0.2) is 12.9 Å². The number of anilines is 1. The third-order valence-electron chi connectivity index (χ3n) is 3.17. The van der Waals surface area contributed by atoms with Gasteiger partial charge in [0.1, 0.15) is 0 Å². The van der Waals surface area contributed by atoms with Crippen LogP contribution < -0.4 is 4.90 Å². The Bertz CT molecular complexity index is 822. The van der Waals surface area contributed by atoms with Gasteiger partial charge in [-0.3, -0.25) is 9.69 Å². The molecule has 0 aliphatic carbocycles. The second-order valence-electron chi connectivity index (χ2n) is 4.84. The molecule has 1 unspecified atom stereocenters. The van der Waals surface area contributed by atoms with E-state index in [9.17, 15) is 13.2 Å². The lowest BCUT2D eigenvalue weighted by molar-refractivity contribution is -0.117. The minimum Gasteiger partial charge on any atom is -0.279 e. The second-order valence-corrected chi connectivity index (χ2v) is 8.58. The van der Waals surface area contributed by atoms with Crippen molar-refractivity contribution >= 4 is 53.2 Å². The van der Waals surface area contributed by atoms with Crippen LogP contribution in [0.2, 0.25) is 0 Å². The second kappa shape index (κ2) is 5.22. The number of aromatic nitrogens is 3. The van der Waals surface area contributed by atoms with Gasteiger partial charge in [-0.15, -0.1) is 5.10 Å². The van der Waals surface area contributed by atoms with E-state index in [1.165, 1.54) is 4.90 Å². The van der Waals surface area contributed by atoms with Crippen LogP contribution in [0.3, 0.4) is 0 Å². The normalized spacial score (nSPS) is 19.6. The zero-order valence-corrected chi connectivity index (χ0v) is 13.8. The number of pyridine rings is 1.